The van der Waals surface area contributed by atoms with Crippen molar-refractivity contribution in [1.82, 2.24) is 9.97 Å². The van der Waals surface area contributed by atoms with Gasteiger partial charge < -0.3 is 16.4 Å². The number of rotatable bonds is 6. The smallest absolute Gasteiger partial charge is 0.131 e. The Bertz CT molecular complexity index is 395. The molecular formula is C14H27N5. The number of hydrogen-bond acceptors (Lipinski definition) is 5. The van der Waals surface area contributed by atoms with Gasteiger partial charge in [0.05, 0.1) is 0 Å². The first-order valence-electron chi connectivity index (χ1n) is 6.85. The second-order valence-corrected chi connectivity index (χ2v) is 6.29. The van der Waals surface area contributed by atoms with Crippen molar-refractivity contribution in [3.63, 3.8) is 0 Å². The van der Waals surface area contributed by atoms with Gasteiger partial charge in [-0.1, -0.05) is 20.8 Å². The van der Waals surface area contributed by atoms with Gasteiger partial charge in [0.25, 0.3) is 0 Å². The van der Waals surface area contributed by atoms with Crippen LogP contribution in [0.1, 0.15) is 39.9 Å². The lowest BCUT2D eigenvalue weighted by atomic mass is 9.97. The Morgan fingerprint density at radius 3 is 2.32 bits per heavy atom. The lowest BCUT2D eigenvalue weighted by Crippen LogP contribution is -2.21. The fraction of sp³-hybridized carbons (Fsp3) is 0.714. The predicted molar refractivity (Wildman–Crippen MR) is 81.5 cm³/mol. The van der Waals surface area contributed by atoms with Crippen LogP contribution in [0.5, 0.6) is 0 Å². The van der Waals surface area contributed by atoms with E-state index < -0.39 is 0 Å². The molecular weight excluding hydrogens is 238 g/mol. The molecule has 1 heterocycles. The summed E-state index contributed by atoms with van der Waals surface area (Å²) < 4.78 is 0. The van der Waals surface area contributed by atoms with Crippen molar-refractivity contribution in [2.45, 2.75) is 47.1 Å². The van der Waals surface area contributed by atoms with E-state index >= 15 is 0 Å². The number of nitrogens with one attached hydrogen (secondary N) is 2. The van der Waals surface area contributed by atoms with Crippen LogP contribution in [-0.2, 0) is 0 Å². The van der Waals surface area contributed by atoms with Crippen molar-refractivity contribution in [1.29, 1.82) is 0 Å². The molecule has 0 saturated heterocycles. The molecule has 1 atom stereocenters. The molecule has 1 rings (SSSR count). The Morgan fingerprint density at radius 1 is 1.21 bits per heavy atom. The van der Waals surface area contributed by atoms with Crippen LogP contribution in [0.15, 0.2) is 6.07 Å². The summed E-state index contributed by atoms with van der Waals surface area (Å²) in [5.74, 6) is 2.48. The molecule has 0 radical (unpaired) electrons. The molecule has 0 amide bonds. The maximum atomic E-state index is 5.73. The molecule has 5 heteroatoms. The first-order chi connectivity index (χ1) is 8.76. The number of anilines is 2. The van der Waals surface area contributed by atoms with Gasteiger partial charge in [-0.05, 0) is 25.7 Å². The van der Waals surface area contributed by atoms with Gasteiger partial charge in [0.15, 0.2) is 0 Å². The third-order valence-corrected chi connectivity index (χ3v) is 2.54. The van der Waals surface area contributed by atoms with E-state index in [1.807, 2.05) is 19.9 Å². The first-order valence-corrected chi connectivity index (χ1v) is 6.85. The molecule has 108 valence electrons. The number of nitrogens with two attached hydrogens (primary N) is 1. The highest BCUT2D eigenvalue weighted by molar-refractivity contribution is 5.47. The van der Waals surface area contributed by atoms with E-state index in [4.69, 9.17) is 5.73 Å². The quantitative estimate of drug-likeness (QED) is 0.736. The van der Waals surface area contributed by atoms with Crippen LogP contribution in [0.3, 0.4) is 0 Å². The van der Waals surface area contributed by atoms with Gasteiger partial charge in [-0.15, -0.1) is 0 Å². The highest BCUT2D eigenvalue weighted by atomic mass is 15.1. The topological polar surface area (TPSA) is 75.9 Å². The molecule has 1 aromatic rings. The third kappa shape index (κ3) is 6.96. The highest BCUT2D eigenvalue weighted by Gasteiger charge is 2.10. The lowest BCUT2D eigenvalue weighted by molar-refractivity contribution is 0.442. The van der Waals surface area contributed by atoms with Gasteiger partial charge >= 0.3 is 0 Å². The zero-order valence-electron chi connectivity index (χ0n) is 12.7. The van der Waals surface area contributed by atoms with Crippen LogP contribution in [0.4, 0.5) is 11.6 Å². The molecule has 0 aliphatic rings. The van der Waals surface area contributed by atoms with Crippen molar-refractivity contribution in [3.8, 4) is 0 Å². The summed E-state index contributed by atoms with van der Waals surface area (Å²) >= 11 is 0. The number of hydrogen-bond donors (Lipinski definition) is 3. The van der Waals surface area contributed by atoms with E-state index in [0.717, 1.165) is 37.0 Å². The largest absolute Gasteiger partial charge is 0.370 e. The molecule has 1 aromatic heterocycles. The minimum atomic E-state index is 0.203. The number of aromatic nitrogens is 2. The molecule has 1 unspecified atom stereocenters. The van der Waals surface area contributed by atoms with Crippen molar-refractivity contribution in [2.24, 2.45) is 11.1 Å². The molecule has 19 heavy (non-hydrogen) atoms. The molecule has 0 spiro atoms. The number of aryl methyl sites for hydroxylation is 1. The minimum Gasteiger partial charge on any atom is -0.370 e. The Kier molecular flexibility index (Phi) is 5.54. The van der Waals surface area contributed by atoms with Crippen LogP contribution in [0.25, 0.3) is 0 Å². The summed E-state index contributed by atoms with van der Waals surface area (Å²) in [6.45, 7) is 12.2. The summed E-state index contributed by atoms with van der Waals surface area (Å²) in [5.41, 5.74) is 5.95. The molecule has 0 aliphatic carbocycles. The van der Waals surface area contributed by atoms with Crippen molar-refractivity contribution < 1.29 is 0 Å². The fourth-order valence-corrected chi connectivity index (χ4v) is 1.53. The summed E-state index contributed by atoms with van der Waals surface area (Å²) in [4.78, 5) is 8.77. The van der Waals surface area contributed by atoms with Gasteiger partial charge in [0.1, 0.15) is 17.5 Å². The lowest BCUT2D eigenvalue weighted by Gasteiger charge is -2.19. The van der Waals surface area contributed by atoms with E-state index in [0.29, 0.717) is 0 Å². The van der Waals surface area contributed by atoms with Crippen molar-refractivity contribution >= 4 is 11.6 Å². The summed E-state index contributed by atoms with van der Waals surface area (Å²) in [6.07, 6.45) is 0.924. The van der Waals surface area contributed by atoms with Crippen LogP contribution >= 0.6 is 0 Å². The Morgan fingerprint density at radius 2 is 1.79 bits per heavy atom. The molecule has 0 saturated carbocycles. The SMILES string of the molecule is Cc1nc(NCCC(C)N)cc(NCC(C)(C)C)n1. The monoisotopic (exact) mass is 265 g/mol. The van der Waals surface area contributed by atoms with E-state index in [9.17, 15) is 0 Å². The van der Waals surface area contributed by atoms with E-state index in [2.05, 4.69) is 41.4 Å². The van der Waals surface area contributed by atoms with Gasteiger partial charge in [-0.25, -0.2) is 9.97 Å². The first kappa shape index (κ1) is 15.7. The maximum Gasteiger partial charge on any atom is 0.131 e. The Hall–Kier alpha value is -1.36. The molecule has 0 bridgehead atoms. The molecule has 5 nitrogen and oxygen atoms in total. The average Bonchev–Trinajstić information content (AvgIpc) is 2.24. The van der Waals surface area contributed by atoms with Crippen LogP contribution in [0, 0.1) is 12.3 Å². The van der Waals surface area contributed by atoms with Crippen LogP contribution < -0.4 is 16.4 Å². The second-order valence-electron chi connectivity index (χ2n) is 6.29. The third-order valence-electron chi connectivity index (χ3n) is 2.54. The van der Waals surface area contributed by atoms with Gasteiger partial charge in [-0.3, -0.25) is 0 Å². The summed E-state index contributed by atoms with van der Waals surface area (Å²) in [5, 5.41) is 6.63. The minimum absolute atomic E-state index is 0.203. The summed E-state index contributed by atoms with van der Waals surface area (Å²) in [7, 11) is 0. The molecule has 0 fully saturated rings. The van der Waals surface area contributed by atoms with Gasteiger partial charge in [0.2, 0.25) is 0 Å². The normalized spacial score (nSPS) is 13.2. The maximum absolute atomic E-state index is 5.73. The second kappa shape index (κ2) is 6.70. The summed E-state index contributed by atoms with van der Waals surface area (Å²) in [6, 6.07) is 2.15. The highest BCUT2D eigenvalue weighted by Crippen LogP contribution is 2.16. The van der Waals surface area contributed by atoms with Gasteiger partial charge in [0, 0.05) is 25.2 Å². The predicted octanol–water partition coefficient (Wildman–Crippen LogP) is 2.39. The fourth-order valence-electron chi connectivity index (χ4n) is 1.53. The molecule has 0 aromatic carbocycles. The standard InChI is InChI=1S/C14H27N5/c1-10(15)6-7-16-12-8-13(19-11(2)18-12)17-9-14(3,4)5/h8,10H,6-7,9,15H2,1-5H3,(H2,16,17,18,19). The van der Waals surface area contributed by atoms with E-state index in [-0.39, 0.29) is 11.5 Å². The van der Waals surface area contributed by atoms with E-state index in [1.54, 1.807) is 0 Å². The molecule has 4 N–H and O–H groups in total. The van der Waals surface area contributed by atoms with Gasteiger partial charge in [-0.2, -0.15) is 0 Å². The number of nitrogens with zero attached hydrogens (tertiary/aromatic N) is 2. The van der Waals surface area contributed by atoms with Crippen LogP contribution in [0.2, 0.25) is 0 Å². The zero-order valence-corrected chi connectivity index (χ0v) is 12.7. The Balaban J connectivity index is 2.61. The average molecular weight is 265 g/mol. The van der Waals surface area contributed by atoms with Crippen molar-refractivity contribution in [2.75, 3.05) is 23.7 Å². The van der Waals surface area contributed by atoms with E-state index in [1.165, 1.54) is 0 Å². The molecule has 0 aliphatic heterocycles. The Labute approximate surface area is 116 Å². The van der Waals surface area contributed by atoms with Crippen molar-refractivity contribution in [3.05, 3.63) is 11.9 Å². The van der Waals surface area contributed by atoms with Crippen LogP contribution in [-0.4, -0.2) is 29.1 Å². The zero-order chi connectivity index (χ0) is 14.5.